The third-order valence-electron chi connectivity index (χ3n) is 4.65. The number of piperidine rings is 1. The number of hydrogen-bond acceptors (Lipinski definition) is 3. The molecule has 3 atom stereocenters. The van der Waals surface area contributed by atoms with Crippen molar-refractivity contribution in [2.75, 3.05) is 13.1 Å². The maximum Gasteiger partial charge on any atom is 0.243 e. The zero-order valence-corrected chi connectivity index (χ0v) is 15.7. The molecule has 6 heteroatoms. The van der Waals surface area contributed by atoms with Crippen LogP contribution in [0, 0.1) is 5.41 Å². The highest BCUT2D eigenvalue weighted by Crippen LogP contribution is 2.25. The predicted octanol–water partition coefficient (Wildman–Crippen LogP) is 2.09. The molecule has 2 amide bonds. The first-order chi connectivity index (χ1) is 10.3. The van der Waals surface area contributed by atoms with Gasteiger partial charge < -0.3 is 15.5 Å². The second kappa shape index (κ2) is 8.34. The van der Waals surface area contributed by atoms with Crippen LogP contribution in [0.1, 0.15) is 59.8 Å². The van der Waals surface area contributed by atoms with Gasteiger partial charge >= 0.3 is 0 Å². The van der Waals surface area contributed by atoms with Gasteiger partial charge in [0, 0.05) is 25.0 Å². The highest BCUT2D eigenvalue weighted by Gasteiger charge is 2.36. The summed E-state index contributed by atoms with van der Waals surface area (Å²) in [6.07, 6.45) is 4.32. The Hall–Kier alpha value is -0.810. The van der Waals surface area contributed by atoms with E-state index in [1.807, 2.05) is 0 Å². The van der Waals surface area contributed by atoms with Gasteiger partial charge in [-0.25, -0.2) is 0 Å². The molecule has 2 fully saturated rings. The minimum atomic E-state index is -0.274. The summed E-state index contributed by atoms with van der Waals surface area (Å²) in [5.74, 6) is 0.139. The van der Waals surface area contributed by atoms with E-state index in [2.05, 4.69) is 38.3 Å². The number of likely N-dealkylation sites (tertiary alicyclic amines) is 1. The third kappa shape index (κ3) is 5.64. The quantitative estimate of drug-likeness (QED) is 0.823. The zero-order valence-electron chi connectivity index (χ0n) is 14.9. The lowest BCUT2D eigenvalue weighted by molar-refractivity contribution is -0.140. The van der Waals surface area contributed by atoms with Crippen LogP contribution < -0.4 is 10.6 Å². The van der Waals surface area contributed by atoms with Crippen LogP contribution >= 0.6 is 12.4 Å². The summed E-state index contributed by atoms with van der Waals surface area (Å²) >= 11 is 0. The van der Waals surface area contributed by atoms with E-state index in [1.165, 1.54) is 0 Å². The van der Waals surface area contributed by atoms with Crippen LogP contribution in [-0.4, -0.2) is 47.9 Å². The number of hydrogen-bond donors (Lipinski definition) is 2. The summed E-state index contributed by atoms with van der Waals surface area (Å²) in [5, 5.41) is 6.56. The number of carbonyl (C=O) groups excluding carboxylic acids is 2. The monoisotopic (exact) mass is 345 g/mol. The highest BCUT2D eigenvalue weighted by atomic mass is 35.5. The van der Waals surface area contributed by atoms with Crippen molar-refractivity contribution in [1.29, 1.82) is 0 Å². The summed E-state index contributed by atoms with van der Waals surface area (Å²) in [7, 11) is 0. The van der Waals surface area contributed by atoms with Gasteiger partial charge in [-0.05, 0) is 44.6 Å². The van der Waals surface area contributed by atoms with Gasteiger partial charge in [0.1, 0.15) is 6.04 Å². The van der Waals surface area contributed by atoms with Crippen LogP contribution in [0.5, 0.6) is 0 Å². The Kier molecular flexibility index (Phi) is 7.33. The summed E-state index contributed by atoms with van der Waals surface area (Å²) in [6, 6.07) is 0.211. The number of rotatable bonds is 3. The van der Waals surface area contributed by atoms with Crippen molar-refractivity contribution in [2.24, 2.45) is 5.41 Å². The van der Waals surface area contributed by atoms with Crippen molar-refractivity contribution in [2.45, 2.75) is 77.9 Å². The summed E-state index contributed by atoms with van der Waals surface area (Å²) in [5.41, 5.74) is -0.0392. The second-order valence-corrected chi connectivity index (χ2v) is 7.98. The smallest absolute Gasteiger partial charge is 0.243 e. The zero-order chi connectivity index (χ0) is 16.3. The Labute approximate surface area is 146 Å². The van der Waals surface area contributed by atoms with Gasteiger partial charge in [-0.3, -0.25) is 9.59 Å². The number of halogens is 1. The molecule has 0 aromatic carbocycles. The van der Waals surface area contributed by atoms with Crippen LogP contribution in [0.3, 0.4) is 0 Å². The molecule has 0 aliphatic carbocycles. The van der Waals surface area contributed by atoms with Crippen molar-refractivity contribution in [3.8, 4) is 0 Å². The number of amides is 2. The lowest BCUT2D eigenvalue weighted by Gasteiger charge is -2.33. The number of nitrogens with one attached hydrogen (secondary N) is 2. The maximum atomic E-state index is 12.6. The van der Waals surface area contributed by atoms with E-state index < -0.39 is 0 Å². The van der Waals surface area contributed by atoms with E-state index in [0.29, 0.717) is 19.0 Å². The molecule has 2 aliphatic rings. The largest absolute Gasteiger partial charge is 0.350 e. The van der Waals surface area contributed by atoms with Crippen molar-refractivity contribution >= 4 is 24.2 Å². The van der Waals surface area contributed by atoms with Crippen LogP contribution in [0.15, 0.2) is 0 Å². The van der Waals surface area contributed by atoms with Gasteiger partial charge in [0.15, 0.2) is 0 Å². The molecule has 3 unspecified atom stereocenters. The van der Waals surface area contributed by atoms with E-state index in [1.54, 1.807) is 4.90 Å². The van der Waals surface area contributed by atoms with Crippen LogP contribution in [0.25, 0.3) is 0 Å². The Bertz CT molecular complexity index is 423. The third-order valence-corrected chi connectivity index (χ3v) is 4.65. The van der Waals surface area contributed by atoms with E-state index in [4.69, 9.17) is 0 Å². The van der Waals surface area contributed by atoms with E-state index in [9.17, 15) is 9.59 Å². The average Bonchev–Trinajstić information content (AvgIpc) is 2.89. The second-order valence-electron chi connectivity index (χ2n) is 7.98. The molecule has 0 radical (unpaired) electrons. The summed E-state index contributed by atoms with van der Waals surface area (Å²) in [6.45, 7) is 10.0. The van der Waals surface area contributed by atoms with Gasteiger partial charge in [-0.15, -0.1) is 12.4 Å². The standard InChI is InChI=1S/C17H31N3O2.ClH/c1-12-13(7-5-9-18-12)19-16(22)14-8-6-10-20(14)15(21)11-17(2,3)4;/h12-14,18H,5-11H2,1-4H3,(H,19,22);1H. The van der Waals surface area contributed by atoms with Crippen LogP contribution in [0.4, 0.5) is 0 Å². The number of carbonyl (C=O) groups is 2. The molecule has 2 rings (SSSR count). The van der Waals surface area contributed by atoms with Gasteiger partial charge in [-0.1, -0.05) is 20.8 Å². The summed E-state index contributed by atoms with van der Waals surface area (Å²) in [4.78, 5) is 26.9. The lowest BCUT2D eigenvalue weighted by Crippen LogP contribution is -2.56. The Morgan fingerprint density at radius 1 is 1.22 bits per heavy atom. The maximum absolute atomic E-state index is 12.6. The molecular weight excluding hydrogens is 314 g/mol. The Morgan fingerprint density at radius 2 is 1.91 bits per heavy atom. The van der Waals surface area contributed by atoms with Gasteiger partial charge in [-0.2, -0.15) is 0 Å². The van der Waals surface area contributed by atoms with E-state index in [-0.39, 0.29) is 41.7 Å². The Balaban J connectivity index is 0.00000264. The Morgan fingerprint density at radius 3 is 2.52 bits per heavy atom. The average molecular weight is 346 g/mol. The topological polar surface area (TPSA) is 61.4 Å². The van der Waals surface area contributed by atoms with E-state index in [0.717, 1.165) is 32.2 Å². The van der Waals surface area contributed by atoms with Crippen molar-refractivity contribution < 1.29 is 9.59 Å². The fourth-order valence-corrected chi connectivity index (χ4v) is 3.41. The lowest BCUT2D eigenvalue weighted by atomic mass is 9.91. The summed E-state index contributed by atoms with van der Waals surface area (Å²) < 4.78 is 0. The first kappa shape index (κ1) is 20.2. The molecule has 134 valence electrons. The SMILES string of the molecule is CC1NCCCC1NC(=O)C1CCCN1C(=O)CC(C)(C)C.Cl. The van der Waals surface area contributed by atoms with Crippen molar-refractivity contribution in [3.05, 3.63) is 0 Å². The molecule has 2 saturated heterocycles. The molecule has 0 spiro atoms. The first-order valence-electron chi connectivity index (χ1n) is 8.61. The molecule has 23 heavy (non-hydrogen) atoms. The van der Waals surface area contributed by atoms with Crippen molar-refractivity contribution in [1.82, 2.24) is 15.5 Å². The molecule has 0 aromatic rings. The fraction of sp³-hybridized carbons (Fsp3) is 0.882. The molecule has 0 saturated carbocycles. The minimum absolute atomic E-state index is 0. The van der Waals surface area contributed by atoms with Crippen molar-refractivity contribution in [3.63, 3.8) is 0 Å². The molecule has 5 nitrogen and oxygen atoms in total. The molecule has 2 N–H and O–H groups in total. The van der Waals surface area contributed by atoms with Crippen LogP contribution in [0.2, 0.25) is 0 Å². The van der Waals surface area contributed by atoms with Gasteiger partial charge in [0.25, 0.3) is 0 Å². The predicted molar refractivity (Wildman–Crippen MR) is 94.7 cm³/mol. The highest BCUT2D eigenvalue weighted by molar-refractivity contribution is 5.88. The minimum Gasteiger partial charge on any atom is -0.350 e. The number of nitrogens with zero attached hydrogens (tertiary/aromatic N) is 1. The molecule has 2 aliphatic heterocycles. The normalized spacial score (nSPS) is 28.2. The van der Waals surface area contributed by atoms with Crippen LogP contribution in [-0.2, 0) is 9.59 Å². The fourth-order valence-electron chi connectivity index (χ4n) is 3.41. The molecule has 2 heterocycles. The molecule has 0 aromatic heterocycles. The molecular formula is C17H32ClN3O2. The molecule has 0 bridgehead atoms. The van der Waals surface area contributed by atoms with E-state index >= 15 is 0 Å². The van der Waals surface area contributed by atoms with Gasteiger partial charge in [0.05, 0.1) is 0 Å². The first-order valence-corrected chi connectivity index (χ1v) is 8.61. The van der Waals surface area contributed by atoms with Gasteiger partial charge in [0.2, 0.25) is 11.8 Å².